The Bertz CT molecular complexity index is 745. The van der Waals surface area contributed by atoms with Crippen LogP contribution >= 0.6 is 34.8 Å². The number of anilines is 1. The van der Waals surface area contributed by atoms with E-state index < -0.39 is 10.0 Å². The first-order valence-electron chi connectivity index (χ1n) is 5.27. The van der Waals surface area contributed by atoms with E-state index in [9.17, 15) is 8.42 Å². The van der Waals surface area contributed by atoms with Gasteiger partial charge < -0.3 is 0 Å². The molecule has 1 aromatic carbocycles. The molecule has 0 fully saturated rings. The Morgan fingerprint density at radius 2 is 1.85 bits per heavy atom. The first-order chi connectivity index (χ1) is 9.29. The lowest BCUT2D eigenvalue weighted by Crippen LogP contribution is -2.15. The molecule has 1 aromatic heterocycles. The second-order valence-electron chi connectivity index (χ2n) is 3.81. The predicted molar refractivity (Wildman–Crippen MR) is 79.0 cm³/mol. The van der Waals surface area contributed by atoms with E-state index in [4.69, 9.17) is 34.8 Å². The van der Waals surface area contributed by atoms with Crippen LogP contribution in [0.15, 0.2) is 29.2 Å². The maximum Gasteiger partial charge on any atom is 0.263 e. The Morgan fingerprint density at radius 3 is 2.50 bits per heavy atom. The Balaban J connectivity index is 2.43. The average Bonchev–Trinajstić information content (AvgIpc) is 2.30. The van der Waals surface area contributed by atoms with Crippen LogP contribution in [-0.2, 0) is 10.0 Å². The molecule has 0 unspecified atom stereocenters. The Labute approximate surface area is 131 Å². The van der Waals surface area contributed by atoms with Crippen LogP contribution in [0.1, 0.15) is 5.56 Å². The van der Waals surface area contributed by atoms with Crippen molar-refractivity contribution in [3.8, 4) is 0 Å². The van der Waals surface area contributed by atoms with Gasteiger partial charge in [-0.3, -0.25) is 4.72 Å². The third kappa shape index (κ3) is 3.32. The molecule has 0 bridgehead atoms. The third-order valence-electron chi connectivity index (χ3n) is 2.41. The van der Waals surface area contributed by atoms with Gasteiger partial charge in [0.25, 0.3) is 10.0 Å². The van der Waals surface area contributed by atoms with E-state index >= 15 is 0 Å². The molecule has 2 aromatic rings. The molecule has 20 heavy (non-hydrogen) atoms. The van der Waals surface area contributed by atoms with Gasteiger partial charge in [0.05, 0.1) is 4.90 Å². The molecular formula is C11H8Cl3N3O2S. The number of nitrogens with zero attached hydrogens (tertiary/aromatic N) is 2. The summed E-state index contributed by atoms with van der Waals surface area (Å²) in [6.45, 7) is 1.61. The molecule has 0 saturated carbocycles. The molecular weight excluding hydrogens is 345 g/mol. The van der Waals surface area contributed by atoms with Crippen molar-refractivity contribution in [2.75, 3.05) is 4.72 Å². The van der Waals surface area contributed by atoms with E-state index in [1.54, 1.807) is 19.1 Å². The molecule has 1 N–H and O–H groups in total. The molecule has 9 heteroatoms. The van der Waals surface area contributed by atoms with Gasteiger partial charge in [-0.2, -0.15) is 4.98 Å². The minimum absolute atomic E-state index is 0.0191. The highest BCUT2D eigenvalue weighted by molar-refractivity contribution is 7.92. The lowest BCUT2D eigenvalue weighted by atomic mass is 10.2. The van der Waals surface area contributed by atoms with Gasteiger partial charge in [-0.1, -0.05) is 29.3 Å². The summed E-state index contributed by atoms with van der Waals surface area (Å²) in [5.74, 6) is -0.0191. The van der Waals surface area contributed by atoms with E-state index in [2.05, 4.69) is 14.7 Å². The number of halogens is 3. The summed E-state index contributed by atoms with van der Waals surface area (Å²) in [5, 5.41) is 0.232. The highest BCUT2D eigenvalue weighted by Gasteiger charge is 2.19. The van der Waals surface area contributed by atoms with E-state index in [0.29, 0.717) is 10.6 Å². The van der Waals surface area contributed by atoms with E-state index in [-0.39, 0.29) is 21.2 Å². The average molecular weight is 353 g/mol. The zero-order chi connectivity index (χ0) is 14.9. The fourth-order valence-corrected chi connectivity index (χ4v) is 3.41. The summed E-state index contributed by atoms with van der Waals surface area (Å²) >= 11 is 17.2. The van der Waals surface area contributed by atoms with Gasteiger partial charge in [-0.05, 0) is 36.2 Å². The van der Waals surface area contributed by atoms with Crippen molar-refractivity contribution in [3.05, 3.63) is 45.3 Å². The fraction of sp³-hybridized carbons (Fsp3) is 0.0909. The predicted octanol–water partition coefficient (Wildman–Crippen LogP) is 3.55. The van der Waals surface area contributed by atoms with Gasteiger partial charge in [0.2, 0.25) is 5.28 Å². The first kappa shape index (κ1) is 15.3. The molecule has 2 rings (SSSR count). The van der Waals surface area contributed by atoms with Gasteiger partial charge in [-0.15, -0.1) is 0 Å². The third-order valence-corrected chi connectivity index (χ3v) is 4.69. The van der Waals surface area contributed by atoms with Crippen LogP contribution in [-0.4, -0.2) is 18.4 Å². The van der Waals surface area contributed by atoms with Crippen molar-refractivity contribution in [1.29, 1.82) is 0 Å². The van der Waals surface area contributed by atoms with Gasteiger partial charge in [0.1, 0.15) is 11.0 Å². The summed E-state index contributed by atoms with van der Waals surface area (Å²) < 4.78 is 26.8. The largest absolute Gasteiger partial charge is 0.263 e. The zero-order valence-corrected chi connectivity index (χ0v) is 13.1. The Kier molecular flexibility index (Phi) is 4.39. The molecule has 0 aliphatic heterocycles. The van der Waals surface area contributed by atoms with E-state index in [0.717, 1.165) is 0 Å². The summed E-state index contributed by atoms with van der Waals surface area (Å²) in [6.07, 6.45) is 0. The summed E-state index contributed by atoms with van der Waals surface area (Å²) in [6, 6.07) is 5.84. The lowest BCUT2D eigenvalue weighted by molar-refractivity contribution is 0.600. The van der Waals surface area contributed by atoms with Crippen LogP contribution in [0, 0.1) is 6.92 Å². The molecule has 1 heterocycles. The summed E-state index contributed by atoms with van der Waals surface area (Å²) in [5.41, 5.74) is 0.438. The molecule has 0 aliphatic carbocycles. The van der Waals surface area contributed by atoms with E-state index in [1.807, 2.05) is 0 Å². The number of rotatable bonds is 3. The number of nitrogens with one attached hydrogen (secondary N) is 1. The minimum Gasteiger partial charge on any atom is -0.263 e. The standard InChI is InChI=1S/C11H8Cl3N3O2S/c1-6-7(12)3-2-4-8(6)20(18,19)17-10-5-9(13)15-11(14)16-10/h2-5H,1H3,(H,15,16,17). The van der Waals surface area contributed by atoms with Crippen LogP contribution in [0.4, 0.5) is 5.82 Å². The topological polar surface area (TPSA) is 72.0 Å². The molecule has 106 valence electrons. The highest BCUT2D eigenvalue weighted by Crippen LogP contribution is 2.25. The van der Waals surface area contributed by atoms with Gasteiger partial charge in [0.15, 0.2) is 0 Å². The van der Waals surface area contributed by atoms with Crippen LogP contribution in [0.2, 0.25) is 15.5 Å². The van der Waals surface area contributed by atoms with Crippen molar-refractivity contribution in [2.45, 2.75) is 11.8 Å². The van der Waals surface area contributed by atoms with Crippen molar-refractivity contribution in [3.63, 3.8) is 0 Å². The van der Waals surface area contributed by atoms with Crippen molar-refractivity contribution < 1.29 is 8.42 Å². The van der Waals surface area contributed by atoms with Gasteiger partial charge >= 0.3 is 0 Å². The summed E-state index contributed by atoms with van der Waals surface area (Å²) in [4.78, 5) is 7.43. The fourth-order valence-electron chi connectivity index (χ4n) is 1.51. The molecule has 0 aliphatic rings. The minimum atomic E-state index is -3.84. The number of sulfonamides is 1. The second-order valence-corrected chi connectivity index (χ2v) is 6.60. The van der Waals surface area contributed by atoms with Crippen LogP contribution in [0.3, 0.4) is 0 Å². The molecule has 0 saturated heterocycles. The van der Waals surface area contributed by atoms with Gasteiger partial charge in [-0.25, -0.2) is 13.4 Å². The number of hydrogen-bond donors (Lipinski definition) is 1. The number of hydrogen-bond acceptors (Lipinski definition) is 4. The van der Waals surface area contributed by atoms with Crippen LogP contribution < -0.4 is 4.72 Å². The van der Waals surface area contributed by atoms with Crippen LogP contribution in [0.25, 0.3) is 0 Å². The van der Waals surface area contributed by atoms with Gasteiger partial charge in [0, 0.05) is 11.1 Å². The molecule has 0 atom stereocenters. The molecule has 0 amide bonds. The van der Waals surface area contributed by atoms with Crippen LogP contribution in [0.5, 0.6) is 0 Å². The zero-order valence-electron chi connectivity index (χ0n) is 10.1. The smallest absolute Gasteiger partial charge is 0.263 e. The normalized spacial score (nSPS) is 11.4. The monoisotopic (exact) mass is 351 g/mol. The molecule has 5 nitrogen and oxygen atoms in total. The number of aromatic nitrogens is 2. The Morgan fingerprint density at radius 1 is 1.15 bits per heavy atom. The van der Waals surface area contributed by atoms with Crippen molar-refractivity contribution in [1.82, 2.24) is 9.97 Å². The quantitative estimate of drug-likeness (QED) is 0.677. The molecule has 0 spiro atoms. The SMILES string of the molecule is Cc1c(Cl)cccc1S(=O)(=O)Nc1cc(Cl)nc(Cl)n1. The number of benzene rings is 1. The maximum atomic E-state index is 12.3. The van der Waals surface area contributed by atoms with E-state index in [1.165, 1.54) is 12.1 Å². The highest BCUT2D eigenvalue weighted by atomic mass is 35.5. The molecule has 0 radical (unpaired) electrons. The second kappa shape index (κ2) is 5.73. The van der Waals surface area contributed by atoms with Crippen molar-refractivity contribution >= 4 is 50.6 Å². The maximum absolute atomic E-state index is 12.3. The van der Waals surface area contributed by atoms with Crippen molar-refractivity contribution in [2.24, 2.45) is 0 Å². The first-order valence-corrected chi connectivity index (χ1v) is 7.89. The summed E-state index contributed by atoms with van der Waals surface area (Å²) in [7, 11) is -3.84. The lowest BCUT2D eigenvalue weighted by Gasteiger charge is -2.10. The Hall–Kier alpha value is -1.08.